The molecule has 15 heteroatoms. The number of ether oxygens (including phenoxy) is 2. The molecule has 0 spiro atoms. The smallest absolute Gasteiger partial charge is 0.420 e. The lowest BCUT2D eigenvalue weighted by Gasteiger charge is -2.34. The number of nitrogens with zero attached hydrogens (tertiary/aromatic N) is 2. The highest BCUT2D eigenvalue weighted by atomic mass is 16.6. The van der Waals surface area contributed by atoms with Crippen molar-refractivity contribution in [2.24, 2.45) is 17.8 Å². The van der Waals surface area contributed by atoms with Crippen LogP contribution in [0.15, 0.2) is 73.2 Å². The van der Waals surface area contributed by atoms with E-state index in [2.05, 4.69) is 40.1 Å². The van der Waals surface area contributed by atoms with Crippen LogP contribution in [-0.2, 0) is 38.5 Å². The van der Waals surface area contributed by atoms with E-state index in [1.165, 1.54) is 17.1 Å². The molecule has 3 aromatic rings. The van der Waals surface area contributed by atoms with E-state index in [1.54, 1.807) is 51.1 Å². The van der Waals surface area contributed by atoms with Crippen LogP contribution in [0.4, 0.5) is 14.4 Å². The number of nitrogens with one attached hydrogen (secondary N) is 4. The Labute approximate surface area is 353 Å². The first kappa shape index (κ1) is 47.2. The van der Waals surface area contributed by atoms with Gasteiger partial charge in [-0.15, -0.1) is 0 Å². The van der Waals surface area contributed by atoms with Crippen LogP contribution in [0, 0.1) is 17.8 Å². The summed E-state index contributed by atoms with van der Waals surface area (Å²) in [6.45, 7) is 9.75. The van der Waals surface area contributed by atoms with Gasteiger partial charge in [0.25, 0.3) is 0 Å². The number of amides is 4. The first-order chi connectivity index (χ1) is 28.6. The molecule has 0 unspecified atom stereocenters. The fraction of sp³-hybridized carbons (Fsp3) is 0.556. The van der Waals surface area contributed by atoms with Crippen molar-refractivity contribution in [3.8, 4) is 0 Å². The van der Waals surface area contributed by atoms with Gasteiger partial charge in [0.2, 0.25) is 11.8 Å². The standard InChI is InChI=1S/C45H64N6O9/c1-30(2)34(21-22-47-43(57)59-28-33-19-13-8-14-20-33)25-39(52)36(23-31-15-9-6-10-16-31)48-41(54)38(26-35-27-46-29-51(35)44(58)60-45(3,4)5)49-40(53)37(50-42(55)56)24-32-17-11-7-12-18-32/h7-8,11-14,17-20,27,29-31,34,36-39,50,52H,6,9-10,15-16,21-26,28H2,1-5H3,(H,47,57)(H,48,54)(H,49,53)(H,55,56)/t34-,36-,37-,38-,39-/m0/s1. The number of aliphatic hydroxyl groups is 1. The van der Waals surface area contributed by atoms with Gasteiger partial charge in [0, 0.05) is 25.6 Å². The fourth-order valence-corrected chi connectivity index (χ4v) is 7.56. The molecule has 1 aliphatic rings. The van der Waals surface area contributed by atoms with Gasteiger partial charge in [-0.05, 0) is 68.9 Å². The highest BCUT2D eigenvalue weighted by molar-refractivity contribution is 5.91. The lowest BCUT2D eigenvalue weighted by Crippen LogP contribution is -2.57. The lowest BCUT2D eigenvalue weighted by molar-refractivity contribution is -0.131. The molecule has 1 heterocycles. The number of rotatable bonds is 20. The van der Waals surface area contributed by atoms with Gasteiger partial charge in [0.05, 0.1) is 17.8 Å². The molecule has 4 amide bonds. The van der Waals surface area contributed by atoms with Crippen molar-refractivity contribution in [1.82, 2.24) is 30.8 Å². The maximum Gasteiger partial charge on any atom is 0.420 e. The molecule has 1 fully saturated rings. The van der Waals surface area contributed by atoms with E-state index < -0.39 is 59.9 Å². The molecule has 0 bridgehead atoms. The van der Waals surface area contributed by atoms with E-state index in [9.17, 15) is 34.2 Å². The third kappa shape index (κ3) is 16.3. The van der Waals surface area contributed by atoms with Crippen molar-refractivity contribution in [2.45, 2.75) is 135 Å². The third-order valence-corrected chi connectivity index (χ3v) is 10.8. The quantitative estimate of drug-likeness (QED) is 0.0741. The molecule has 328 valence electrons. The predicted molar refractivity (Wildman–Crippen MR) is 226 cm³/mol. The maximum atomic E-state index is 14.5. The third-order valence-electron chi connectivity index (χ3n) is 10.8. The molecule has 4 rings (SSSR count). The van der Waals surface area contributed by atoms with Crippen molar-refractivity contribution in [3.63, 3.8) is 0 Å². The van der Waals surface area contributed by atoms with Crippen molar-refractivity contribution >= 4 is 30.1 Å². The largest absolute Gasteiger partial charge is 0.465 e. The Balaban J connectivity index is 1.54. The molecule has 1 saturated carbocycles. The molecular weight excluding hydrogens is 769 g/mol. The van der Waals surface area contributed by atoms with Crippen LogP contribution in [0.1, 0.15) is 103 Å². The molecule has 1 aromatic heterocycles. The van der Waals surface area contributed by atoms with Gasteiger partial charge < -0.3 is 41.0 Å². The molecule has 0 radical (unpaired) electrons. The van der Waals surface area contributed by atoms with E-state index in [0.29, 0.717) is 31.4 Å². The Morgan fingerprint density at radius 3 is 2.08 bits per heavy atom. The zero-order chi connectivity index (χ0) is 43.7. The summed E-state index contributed by atoms with van der Waals surface area (Å²) >= 11 is 0. The molecule has 15 nitrogen and oxygen atoms in total. The van der Waals surface area contributed by atoms with Crippen LogP contribution in [0.2, 0.25) is 0 Å². The first-order valence-electron chi connectivity index (χ1n) is 21.1. The molecule has 0 aliphatic heterocycles. The van der Waals surface area contributed by atoms with Crippen LogP contribution in [0.25, 0.3) is 0 Å². The SMILES string of the molecule is CC(C)[C@@H](CCNC(=O)OCc1ccccc1)C[C@H](O)[C@H](CC1CCCCC1)NC(=O)[C@H](Cc1cncn1C(=O)OC(C)(C)C)NC(=O)[C@H](Cc1ccccc1)NC(=O)O. The average molecular weight is 833 g/mol. The van der Waals surface area contributed by atoms with Crippen LogP contribution in [0.3, 0.4) is 0 Å². The highest BCUT2D eigenvalue weighted by Gasteiger charge is 2.34. The summed E-state index contributed by atoms with van der Waals surface area (Å²) in [6, 6.07) is 15.0. The van der Waals surface area contributed by atoms with Gasteiger partial charge in [-0.3, -0.25) is 9.59 Å². The number of benzene rings is 2. The zero-order valence-electron chi connectivity index (χ0n) is 35.6. The Bertz CT molecular complexity index is 1810. The van der Waals surface area contributed by atoms with Gasteiger partial charge >= 0.3 is 18.3 Å². The summed E-state index contributed by atoms with van der Waals surface area (Å²) in [7, 11) is 0. The summed E-state index contributed by atoms with van der Waals surface area (Å²) in [5.41, 5.74) is 1.02. The van der Waals surface area contributed by atoms with Crippen molar-refractivity contribution < 1.29 is 43.7 Å². The van der Waals surface area contributed by atoms with Crippen LogP contribution < -0.4 is 21.3 Å². The number of carbonyl (C=O) groups is 5. The Morgan fingerprint density at radius 2 is 1.47 bits per heavy atom. The van der Waals surface area contributed by atoms with E-state index in [0.717, 1.165) is 37.7 Å². The monoisotopic (exact) mass is 832 g/mol. The van der Waals surface area contributed by atoms with Crippen molar-refractivity contribution in [1.29, 1.82) is 0 Å². The lowest BCUT2D eigenvalue weighted by atomic mass is 9.80. The molecule has 2 aromatic carbocycles. The summed E-state index contributed by atoms with van der Waals surface area (Å²) < 4.78 is 12.1. The second kappa shape index (κ2) is 23.4. The number of imidazole rings is 1. The zero-order valence-corrected chi connectivity index (χ0v) is 35.6. The van der Waals surface area contributed by atoms with E-state index in [-0.39, 0.29) is 42.9 Å². The fourth-order valence-electron chi connectivity index (χ4n) is 7.56. The summed E-state index contributed by atoms with van der Waals surface area (Å²) in [6.07, 6.45) is 5.39. The van der Waals surface area contributed by atoms with E-state index in [4.69, 9.17) is 9.47 Å². The van der Waals surface area contributed by atoms with E-state index >= 15 is 0 Å². The van der Waals surface area contributed by atoms with Gasteiger partial charge in [-0.1, -0.05) is 107 Å². The second-order valence-corrected chi connectivity index (χ2v) is 17.1. The van der Waals surface area contributed by atoms with Gasteiger partial charge in [0.15, 0.2) is 0 Å². The second-order valence-electron chi connectivity index (χ2n) is 17.1. The minimum absolute atomic E-state index is 0.0162. The number of hydrogen-bond donors (Lipinski definition) is 6. The van der Waals surface area contributed by atoms with Crippen LogP contribution in [-0.4, -0.2) is 86.2 Å². The highest BCUT2D eigenvalue weighted by Crippen LogP contribution is 2.30. The number of aliphatic hydroxyl groups excluding tert-OH is 1. The van der Waals surface area contributed by atoms with Crippen LogP contribution in [0.5, 0.6) is 0 Å². The van der Waals surface area contributed by atoms with E-state index in [1.807, 2.05) is 30.3 Å². The minimum Gasteiger partial charge on any atom is -0.465 e. The number of aromatic nitrogens is 2. The van der Waals surface area contributed by atoms with Crippen molar-refractivity contribution in [2.75, 3.05) is 6.54 Å². The number of carboxylic acid groups (broad SMARTS) is 1. The molecule has 6 N–H and O–H groups in total. The van der Waals surface area contributed by atoms with Crippen molar-refractivity contribution in [3.05, 3.63) is 90.0 Å². The Kier molecular flexibility index (Phi) is 18.4. The molecule has 5 atom stereocenters. The topological polar surface area (TPSA) is 210 Å². The first-order valence-corrected chi connectivity index (χ1v) is 21.1. The Morgan fingerprint density at radius 1 is 0.850 bits per heavy atom. The number of hydrogen-bond acceptors (Lipinski definition) is 9. The summed E-state index contributed by atoms with van der Waals surface area (Å²) in [4.78, 5) is 70.1. The van der Waals surface area contributed by atoms with Gasteiger partial charge in [-0.25, -0.2) is 23.9 Å². The molecule has 0 saturated heterocycles. The average Bonchev–Trinajstić information content (AvgIpc) is 3.67. The van der Waals surface area contributed by atoms with Gasteiger partial charge in [-0.2, -0.15) is 0 Å². The summed E-state index contributed by atoms with van der Waals surface area (Å²) in [5, 5.41) is 32.5. The number of alkyl carbamates (subject to hydrolysis) is 1. The molecule has 60 heavy (non-hydrogen) atoms. The maximum absolute atomic E-state index is 14.5. The van der Waals surface area contributed by atoms with Gasteiger partial charge in [0.1, 0.15) is 30.6 Å². The Hall–Kier alpha value is -5.44. The van der Waals surface area contributed by atoms with Crippen LogP contribution >= 0.6 is 0 Å². The minimum atomic E-state index is -1.41. The normalized spacial score (nSPS) is 15.8. The predicted octanol–water partition coefficient (Wildman–Crippen LogP) is 6.37. The molecular formula is C45H64N6O9. The molecule has 1 aliphatic carbocycles. The summed E-state index contributed by atoms with van der Waals surface area (Å²) in [5.74, 6) is -0.994. The number of carbonyl (C=O) groups excluding carboxylic acids is 4.